The Hall–Kier alpha value is -4.37. The van der Waals surface area contributed by atoms with Gasteiger partial charge in [-0.2, -0.15) is 4.40 Å². The Balaban J connectivity index is 1.62. The molecule has 3 heterocycles. The molecule has 3 aromatic heterocycles. The summed E-state index contributed by atoms with van der Waals surface area (Å²) in [4.78, 5) is 0. The van der Waals surface area contributed by atoms with Crippen molar-refractivity contribution in [2.75, 3.05) is 0 Å². The van der Waals surface area contributed by atoms with Crippen LogP contribution in [0.2, 0.25) is 0 Å². The van der Waals surface area contributed by atoms with Crippen molar-refractivity contribution in [3.8, 4) is 0 Å². The highest BCUT2D eigenvalue weighted by atomic mass is 16.3. The van der Waals surface area contributed by atoms with Crippen LogP contribution in [0.5, 0.6) is 0 Å². The van der Waals surface area contributed by atoms with Crippen molar-refractivity contribution < 1.29 is 8.98 Å². The summed E-state index contributed by atoms with van der Waals surface area (Å²) in [5, 5.41) is 11.1. The first-order valence-corrected chi connectivity index (χ1v) is 11.7. The van der Waals surface area contributed by atoms with E-state index in [1.54, 1.807) is 0 Å². The fourth-order valence-corrected chi connectivity index (χ4v) is 5.93. The van der Waals surface area contributed by atoms with Gasteiger partial charge in [-0.05, 0) is 58.3 Å². The number of rotatable bonds is 0. The minimum atomic E-state index is 0.930. The summed E-state index contributed by atoms with van der Waals surface area (Å²) in [5.41, 5.74) is 5.46. The fraction of sp³-hybridized carbons (Fsp3) is 0.0645. The van der Waals surface area contributed by atoms with Crippen molar-refractivity contribution in [3.05, 3.63) is 96.8 Å². The lowest BCUT2D eigenvalue weighted by Gasteiger charge is -2.07. The van der Waals surface area contributed by atoms with E-state index in [2.05, 4.69) is 114 Å². The van der Waals surface area contributed by atoms with Crippen molar-refractivity contribution in [3.63, 3.8) is 0 Å². The van der Waals surface area contributed by atoms with Crippen molar-refractivity contribution in [1.82, 2.24) is 4.40 Å². The van der Waals surface area contributed by atoms with Gasteiger partial charge in [-0.3, -0.25) is 0 Å². The number of nitrogens with zero attached hydrogens (tertiary/aromatic N) is 2. The van der Waals surface area contributed by atoms with Gasteiger partial charge in [-0.1, -0.05) is 54.6 Å². The number of pyridine rings is 1. The second-order valence-corrected chi connectivity index (χ2v) is 9.40. The summed E-state index contributed by atoms with van der Waals surface area (Å²) < 4.78 is 11.2. The second-order valence-electron chi connectivity index (χ2n) is 9.40. The Labute approximate surface area is 195 Å². The third kappa shape index (κ3) is 2.14. The molecule has 0 bridgehead atoms. The first-order chi connectivity index (χ1) is 16.7. The van der Waals surface area contributed by atoms with E-state index < -0.39 is 0 Å². The van der Waals surface area contributed by atoms with Gasteiger partial charge in [0.1, 0.15) is 18.0 Å². The van der Waals surface area contributed by atoms with Crippen LogP contribution in [0.25, 0.3) is 70.8 Å². The molecular weight excluding hydrogens is 416 g/mol. The fourth-order valence-electron chi connectivity index (χ4n) is 5.93. The first kappa shape index (κ1) is 18.1. The monoisotopic (exact) mass is 437 g/mol. The molecule has 0 atom stereocenters. The standard InChI is InChI=1S/C31H21N2O/c1-18-6-5-9-22-23-12-13-24-26-17-25-20(11-10-19-7-3-4-8-21(19)25)16-27(26)34-30(24)29(23)33-15-14-32(2)31(33)28(18)22/h3-17H,1-2H3/q+1. The number of benzene rings is 5. The smallest absolute Gasteiger partial charge is 0.294 e. The van der Waals surface area contributed by atoms with E-state index in [9.17, 15) is 0 Å². The summed E-state index contributed by atoms with van der Waals surface area (Å²) in [6.45, 7) is 2.19. The molecule has 0 unspecified atom stereocenters. The van der Waals surface area contributed by atoms with Gasteiger partial charge >= 0.3 is 0 Å². The van der Waals surface area contributed by atoms with E-state index >= 15 is 0 Å². The van der Waals surface area contributed by atoms with E-state index in [4.69, 9.17) is 4.42 Å². The maximum absolute atomic E-state index is 6.65. The minimum absolute atomic E-state index is 0.930. The number of furan rings is 1. The molecule has 0 fully saturated rings. The highest BCUT2D eigenvalue weighted by molar-refractivity contribution is 6.23. The highest BCUT2D eigenvalue weighted by Crippen LogP contribution is 2.40. The Kier molecular flexibility index (Phi) is 3.27. The lowest BCUT2D eigenvalue weighted by Crippen LogP contribution is -2.26. The van der Waals surface area contributed by atoms with E-state index in [0.717, 1.165) is 27.5 Å². The van der Waals surface area contributed by atoms with Crippen molar-refractivity contribution in [1.29, 1.82) is 0 Å². The zero-order chi connectivity index (χ0) is 22.6. The number of aryl methyl sites for hydroxylation is 2. The predicted octanol–water partition coefficient (Wildman–Crippen LogP) is 7.58. The van der Waals surface area contributed by atoms with Crippen molar-refractivity contribution >= 4 is 70.8 Å². The van der Waals surface area contributed by atoms with Gasteiger partial charge in [0, 0.05) is 21.5 Å². The topological polar surface area (TPSA) is 21.4 Å². The van der Waals surface area contributed by atoms with Gasteiger partial charge in [0.2, 0.25) is 0 Å². The molecule has 0 saturated heterocycles. The Bertz CT molecular complexity index is 2140. The molecule has 8 aromatic rings. The van der Waals surface area contributed by atoms with Gasteiger partial charge < -0.3 is 4.42 Å². The molecule has 0 aliphatic heterocycles. The molecular formula is C31H21N2O+. The number of aromatic nitrogens is 2. The normalized spacial score (nSPS) is 12.4. The zero-order valence-corrected chi connectivity index (χ0v) is 19.0. The largest absolute Gasteiger partial charge is 0.452 e. The minimum Gasteiger partial charge on any atom is -0.452 e. The molecule has 0 saturated carbocycles. The molecule has 0 spiro atoms. The average molecular weight is 438 g/mol. The van der Waals surface area contributed by atoms with Crippen LogP contribution in [0.4, 0.5) is 0 Å². The van der Waals surface area contributed by atoms with Crippen LogP contribution in [-0.2, 0) is 7.05 Å². The molecule has 0 aliphatic carbocycles. The van der Waals surface area contributed by atoms with Crippen LogP contribution < -0.4 is 4.57 Å². The van der Waals surface area contributed by atoms with E-state index in [1.807, 2.05) is 0 Å². The lowest BCUT2D eigenvalue weighted by atomic mass is 9.98. The SMILES string of the molecule is Cc1cccc2c3ccc4c5cc6c(ccc7ccccc76)cc5oc4c3n3cc[n+](C)c3c12. The zero-order valence-electron chi connectivity index (χ0n) is 19.0. The number of hydrogen-bond donors (Lipinski definition) is 0. The van der Waals surface area contributed by atoms with Crippen LogP contribution in [-0.4, -0.2) is 4.40 Å². The van der Waals surface area contributed by atoms with Gasteiger partial charge in [-0.15, -0.1) is 0 Å². The molecule has 0 N–H and O–H groups in total. The van der Waals surface area contributed by atoms with E-state index in [0.29, 0.717) is 0 Å². The van der Waals surface area contributed by atoms with Gasteiger partial charge in [0.15, 0.2) is 11.1 Å². The van der Waals surface area contributed by atoms with Crippen LogP contribution in [0, 0.1) is 6.92 Å². The summed E-state index contributed by atoms with van der Waals surface area (Å²) in [5.74, 6) is 0. The Morgan fingerprint density at radius 1 is 0.706 bits per heavy atom. The van der Waals surface area contributed by atoms with Crippen LogP contribution >= 0.6 is 0 Å². The molecule has 0 radical (unpaired) electrons. The molecule has 0 aliphatic rings. The van der Waals surface area contributed by atoms with Gasteiger partial charge in [0.05, 0.1) is 12.4 Å². The van der Waals surface area contributed by atoms with Crippen LogP contribution in [0.15, 0.2) is 95.7 Å². The molecule has 34 heavy (non-hydrogen) atoms. The van der Waals surface area contributed by atoms with Crippen LogP contribution in [0.1, 0.15) is 5.56 Å². The summed E-state index contributed by atoms with van der Waals surface area (Å²) in [6.07, 6.45) is 4.28. The second kappa shape index (κ2) is 6.15. The molecule has 5 aromatic carbocycles. The maximum atomic E-state index is 6.65. The predicted molar refractivity (Wildman–Crippen MR) is 141 cm³/mol. The Morgan fingerprint density at radius 2 is 1.53 bits per heavy atom. The van der Waals surface area contributed by atoms with Crippen molar-refractivity contribution in [2.24, 2.45) is 7.05 Å². The van der Waals surface area contributed by atoms with Gasteiger partial charge in [-0.25, -0.2) is 4.57 Å². The molecule has 3 nitrogen and oxygen atoms in total. The third-order valence-electron chi connectivity index (χ3n) is 7.51. The third-order valence-corrected chi connectivity index (χ3v) is 7.51. The van der Waals surface area contributed by atoms with E-state index in [1.165, 1.54) is 48.9 Å². The van der Waals surface area contributed by atoms with E-state index in [-0.39, 0.29) is 0 Å². The van der Waals surface area contributed by atoms with Crippen molar-refractivity contribution in [2.45, 2.75) is 6.92 Å². The summed E-state index contributed by atoms with van der Waals surface area (Å²) in [6, 6.07) is 28.6. The lowest BCUT2D eigenvalue weighted by molar-refractivity contribution is -0.643. The number of fused-ring (bicyclic) bond motifs is 13. The summed E-state index contributed by atoms with van der Waals surface area (Å²) in [7, 11) is 2.11. The van der Waals surface area contributed by atoms with Crippen LogP contribution in [0.3, 0.4) is 0 Å². The maximum Gasteiger partial charge on any atom is 0.294 e. The number of imidazole rings is 1. The molecule has 3 heteroatoms. The molecule has 0 amide bonds. The quantitative estimate of drug-likeness (QED) is 0.177. The Morgan fingerprint density at radius 3 is 2.47 bits per heavy atom. The first-order valence-electron chi connectivity index (χ1n) is 11.7. The average Bonchev–Trinajstić information content (AvgIpc) is 3.42. The highest BCUT2D eigenvalue weighted by Gasteiger charge is 2.23. The van der Waals surface area contributed by atoms with Gasteiger partial charge in [0.25, 0.3) is 5.65 Å². The summed E-state index contributed by atoms with van der Waals surface area (Å²) >= 11 is 0. The molecule has 160 valence electrons. The number of hydrogen-bond acceptors (Lipinski definition) is 1. The molecule has 8 rings (SSSR count).